The van der Waals surface area contributed by atoms with Crippen molar-refractivity contribution < 1.29 is 0 Å². The summed E-state index contributed by atoms with van der Waals surface area (Å²) < 4.78 is 0. The van der Waals surface area contributed by atoms with Crippen LogP contribution >= 0.6 is 0 Å². The molecule has 1 saturated carbocycles. The number of hydrogen-bond donors (Lipinski definition) is 1. The monoisotopic (exact) mass is 275 g/mol. The van der Waals surface area contributed by atoms with Crippen LogP contribution in [0.15, 0.2) is 18.3 Å². The molecule has 0 bridgehead atoms. The molecule has 2 atom stereocenters. The molecule has 0 amide bonds. The second-order valence-electron chi connectivity index (χ2n) is 7.43. The van der Waals surface area contributed by atoms with Crippen molar-refractivity contribution in [3.8, 4) is 0 Å². The summed E-state index contributed by atoms with van der Waals surface area (Å²) in [6.07, 6.45) is 3.40. The van der Waals surface area contributed by atoms with E-state index < -0.39 is 0 Å². The van der Waals surface area contributed by atoms with Gasteiger partial charge in [0.05, 0.1) is 5.69 Å². The van der Waals surface area contributed by atoms with Crippen LogP contribution in [0.25, 0.3) is 0 Å². The topological polar surface area (TPSA) is 28.2 Å². The number of rotatable bonds is 6. The van der Waals surface area contributed by atoms with Gasteiger partial charge in [-0.15, -0.1) is 0 Å². The predicted octanol–water partition coefficient (Wildman–Crippen LogP) is 3.06. The lowest BCUT2D eigenvalue weighted by Gasteiger charge is -2.20. The maximum atomic E-state index is 4.58. The van der Waals surface area contributed by atoms with Crippen molar-refractivity contribution >= 4 is 0 Å². The van der Waals surface area contributed by atoms with Gasteiger partial charge in [-0.2, -0.15) is 0 Å². The normalized spacial score (nSPS) is 22.3. The molecule has 1 aromatic heterocycles. The SMILES string of the molecule is CC1CC1CN(C)Cc1ccc(CNC(C)(C)C)cn1. The van der Waals surface area contributed by atoms with E-state index in [9.17, 15) is 0 Å². The summed E-state index contributed by atoms with van der Waals surface area (Å²) in [4.78, 5) is 6.98. The Labute approximate surface area is 123 Å². The zero-order valence-corrected chi connectivity index (χ0v) is 13.6. The Kier molecular flexibility index (Phi) is 4.82. The molecule has 20 heavy (non-hydrogen) atoms. The largest absolute Gasteiger partial charge is 0.308 e. The third kappa shape index (κ3) is 5.22. The number of aromatic nitrogens is 1. The molecule has 3 nitrogen and oxygen atoms in total. The third-order valence-corrected chi connectivity index (χ3v) is 3.96. The average molecular weight is 275 g/mol. The minimum atomic E-state index is 0.153. The Morgan fingerprint density at radius 3 is 2.55 bits per heavy atom. The Hall–Kier alpha value is -0.930. The van der Waals surface area contributed by atoms with Crippen molar-refractivity contribution in [1.82, 2.24) is 15.2 Å². The van der Waals surface area contributed by atoms with Gasteiger partial charge in [0.2, 0.25) is 0 Å². The summed E-state index contributed by atoms with van der Waals surface area (Å²) in [6, 6.07) is 4.35. The fourth-order valence-electron chi connectivity index (χ4n) is 2.42. The Balaban J connectivity index is 1.78. The summed E-state index contributed by atoms with van der Waals surface area (Å²) in [5, 5.41) is 3.49. The van der Waals surface area contributed by atoms with Gasteiger partial charge in [0.25, 0.3) is 0 Å². The highest BCUT2D eigenvalue weighted by molar-refractivity contribution is 5.14. The maximum Gasteiger partial charge on any atom is 0.0544 e. The van der Waals surface area contributed by atoms with Gasteiger partial charge in [-0.3, -0.25) is 4.98 Å². The van der Waals surface area contributed by atoms with Gasteiger partial charge in [-0.25, -0.2) is 0 Å². The first-order valence-electron chi connectivity index (χ1n) is 7.71. The molecule has 112 valence electrons. The summed E-state index contributed by atoms with van der Waals surface area (Å²) >= 11 is 0. The minimum Gasteiger partial charge on any atom is -0.308 e. The Morgan fingerprint density at radius 1 is 1.35 bits per heavy atom. The first kappa shape index (κ1) is 15.5. The molecule has 1 N–H and O–H groups in total. The fraction of sp³-hybridized carbons (Fsp3) is 0.706. The molecule has 1 aliphatic carbocycles. The zero-order chi connectivity index (χ0) is 14.8. The van der Waals surface area contributed by atoms with Gasteiger partial charge in [0, 0.05) is 31.4 Å². The number of nitrogens with zero attached hydrogens (tertiary/aromatic N) is 2. The van der Waals surface area contributed by atoms with Crippen LogP contribution in [-0.2, 0) is 13.1 Å². The maximum absolute atomic E-state index is 4.58. The van der Waals surface area contributed by atoms with Crippen molar-refractivity contribution in [3.05, 3.63) is 29.6 Å². The predicted molar refractivity (Wildman–Crippen MR) is 84.4 cm³/mol. The van der Waals surface area contributed by atoms with E-state index in [0.29, 0.717) is 0 Å². The lowest BCUT2D eigenvalue weighted by atomic mass is 10.1. The number of pyridine rings is 1. The molecule has 0 aliphatic heterocycles. The van der Waals surface area contributed by atoms with E-state index in [1.165, 1.54) is 24.2 Å². The zero-order valence-electron chi connectivity index (χ0n) is 13.6. The highest BCUT2D eigenvalue weighted by atomic mass is 15.1. The molecule has 1 heterocycles. The number of nitrogens with one attached hydrogen (secondary N) is 1. The summed E-state index contributed by atoms with van der Waals surface area (Å²) in [5.41, 5.74) is 2.57. The lowest BCUT2D eigenvalue weighted by Crippen LogP contribution is -2.35. The molecule has 3 heteroatoms. The van der Waals surface area contributed by atoms with E-state index in [1.54, 1.807) is 0 Å². The lowest BCUT2D eigenvalue weighted by molar-refractivity contribution is 0.304. The van der Waals surface area contributed by atoms with Gasteiger partial charge in [0.15, 0.2) is 0 Å². The van der Waals surface area contributed by atoms with Gasteiger partial charge in [-0.05, 0) is 57.7 Å². The first-order chi connectivity index (χ1) is 9.33. The van der Waals surface area contributed by atoms with Gasteiger partial charge in [0.1, 0.15) is 0 Å². The standard InChI is InChI=1S/C17H29N3/c1-13-8-15(13)11-20(5)12-16-7-6-14(9-18-16)10-19-17(2,3)4/h6-7,9,13,15,19H,8,10-12H2,1-5H3. The van der Waals surface area contributed by atoms with E-state index in [-0.39, 0.29) is 5.54 Å². The van der Waals surface area contributed by atoms with Crippen molar-refractivity contribution in [2.75, 3.05) is 13.6 Å². The Morgan fingerprint density at radius 2 is 2.05 bits per heavy atom. The van der Waals surface area contributed by atoms with Gasteiger partial charge in [-0.1, -0.05) is 13.0 Å². The highest BCUT2D eigenvalue weighted by Gasteiger charge is 2.32. The van der Waals surface area contributed by atoms with Crippen LogP contribution in [0.1, 0.15) is 45.4 Å². The van der Waals surface area contributed by atoms with Crippen LogP contribution < -0.4 is 5.32 Å². The van der Waals surface area contributed by atoms with Crippen LogP contribution in [-0.4, -0.2) is 29.0 Å². The summed E-state index contributed by atoms with van der Waals surface area (Å²) in [5.74, 6) is 1.84. The Bertz CT molecular complexity index is 419. The first-order valence-corrected chi connectivity index (χ1v) is 7.71. The van der Waals surface area contributed by atoms with E-state index in [0.717, 1.165) is 24.9 Å². The molecule has 0 aromatic carbocycles. The number of hydrogen-bond acceptors (Lipinski definition) is 3. The van der Waals surface area contributed by atoms with Crippen LogP contribution in [0.5, 0.6) is 0 Å². The quantitative estimate of drug-likeness (QED) is 0.865. The van der Waals surface area contributed by atoms with Crippen molar-refractivity contribution in [2.24, 2.45) is 11.8 Å². The molecule has 1 aliphatic rings. The molecular formula is C17H29N3. The second-order valence-corrected chi connectivity index (χ2v) is 7.43. The summed E-state index contributed by atoms with van der Waals surface area (Å²) in [7, 11) is 2.20. The van der Waals surface area contributed by atoms with Crippen LogP contribution in [0.4, 0.5) is 0 Å². The smallest absolute Gasteiger partial charge is 0.0544 e. The molecular weight excluding hydrogens is 246 g/mol. The van der Waals surface area contributed by atoms with Crippen molar-refractivity contribution in [1.29, 1.82) is 0 Å². The molecule has 2 rings (SSSR count). The molecule has 0 radical (unpaired) electrons. The highest BCUT2D eigenvalue weighted by Crippen LogP contribution is 2.38. The molecule has 0 spiro atoms. The summed E-state index contributed by atoms with van der Waals surface area (Å²) in [6.45, 7) is 11.9. The van der Waals surface area contributed by atoms with E-state index in [1.807, 2.05) is 6.20 Å². The third-order valence-electron chi connectivity index (χ3n) is 3.96. The van der Waals surface area contributed by atoms with E-state index >= 15 is 0 Å². The van der Waals surface area contributed by atoms with Gasteiger partial charge >= 0.3 is 0 Å². The molecule has 0 saturated heterocycles. The van der Waals surface area contributed by atoms with E-state index in [2.05, 4.69) is 62.1 Å². The fourth-order valence-corrected chi connectivity index (χ4v) is 2.42. The van der Waals surface area contributed by atoms with E-state index in [4.69, 9.17) is 0 Å². The van der Waals surface area contributed by atoms with Crippen LogP contribution in [0.2, 0.25) is 0 Å². The average Bonchev–Trinajstić information content (AvgIpc) is 3.02. The molecule has 2 unspecified atom stereocenters. The second kappa shape index (κ2) is 6.23. The van der Waals surface area contributed by atoms with Gasteiger partial charge < -0.3 is 10.2 Å². The van der Waals surface area contributed by atoms with Crippen molar-refractivity contribution in [2.45, 2.75) is 52.7 Å². The van der Waals surface area contributed by atoms with Crippen molar-refractivity contribution in [3.63, 3.8) is 0 Å². The molecule has 1 aromatic rings. The van der Waals surface area contributed by atoms with Crippen LogP contribution in [0.3, 0.4) is 0 Å². The molecule has 1 fully saturated rings. The van der Waals surface area contributed by atoms with Crippen LogP contribution in [0, 0.1) is 11.8 Å². The minimum absolute atomic E-state index is 0.153.